The van der Waals surface area contributed by atoms with Gasteiger partial charge in [-0.25, -0.2) is 26.4 Å². The molecule has 0 aliphatic carbocycles. The number of alkyl carbamates (subject to hydrolysis) is 2. The maximum absolute atomic E-state index is 13.8. The summed E-state index contributed by atoms with van der Waals surface area (Å²) in [5, 5.41) is 28.2. The summed E-state index contributed by atoms with van der Waals surface area (Å²) in [6.07, 6.45) is -0.0142. The molecule has 3 unspecified atom stereocenters. The summed E-state index contributed by atoms with van der Waals surface area (Å²) in [6, 6.07) is 29.2. The molecule has 0 radical (unpaired) electrons. The normalized spacial score (nSPS) is 16.9. The Labute approximate surface area is 472 Å². The number of hydrogen-bond donors (Lipinski definition) is 4. The molecule has 4 aromatic rings. The van der Waals surface area contributed by atoms with Gasteiger partial charge in [-0.3, -0.25) is 0 Å². The number of ketones is 1. The maximum atomic E-state index is 13.8. The van der Waals surface area contributed by atoms with Gasteiger partial charge in [-0.1, -0.05) is 60.7 Å². The van der Waals surface area contributed by atoms with Crippen molar-refractivity contribution in [3.05, 3.63) is 120 Å². The lowest BCUT2D eigenvalue weighted by atomic mass is 10.0. The van der Waals surface area contributed by atoms with Crippen LogP contribution < -0.4 is 20.1 Å². The van der Waals surface area contributed by atoms with E-state index >= 15 is 0 Å². The van der Waals surface area contributed by atoms with Crippen LogP contribution in [0.4, 0.5) is 9.59 Å². The first kappa shape index (κ1) is 65.1. The minimum absolute atomic E-state index is 0.0258. The van der Waals surface area contributed by atoms with E-state index in [4.69, 9.17) is 33.2 Å². The van der Waals surface area contributed by atoms with E-state index in [0.717, 1.165) is 11.1 Å². The van der Waals surface area contributed by atoms with Crippen molar-refractivity contribution in [2.45, 2.75) is 144 Å². The zero-order chi connectivity index (χ0) is 58.4. The molecule has 4 aromatic carbocycles. The van der Waals surface area contributed by atoms with Gasteiger partial charge in [-0.2, -0.15) is 8.61 Å². The molecule has 0 aromatic heterocycles. The van der Waals surface area contributed by atoms with E-state index in [1.165, 1.54) is 54.0 Å². The van der Waals surface area contributed by atoms with Crippen molar-refractivity contribution in [3.8, 4) is 11.5 Å². The first-order chi connectivity index (χ1) is 38.0. The molecule has 2 amide bonds. The summed E-state index contributed by atoms with van der Waals surface area (Å²) in [5.74, 6) is 0.403. The van der Waals surface area contributed by atoms with Gasteiger partial charge in [0.1, 0.15) is 29.0 Å². The Hall–Kier alpha value is -5.69. The summed E-state index contributed by atoms with van der Waals surface area (Å²) in [7, 11) is -4.99. The van der Waals surface area contributed by atoms with E-state index < -0.39 is 67.9 Å². The zero-order valence-corrected chi connectivity index (χ0v) is 48.8. The Morgan fingerprint density at radius 2 is 1.11 bits per heavy atom. The van der Waals surface area contributed by atoms with E-state index in [9.17, 15) is 41.4 Å². The van der Waals surface area contributed by atoms with Crippen LogP contribution in [0.2, 0.25) is 0 Å². The van der Waals surface area contributed by atoms with Crippen LogP contribution in [0.1, 0.15) is 90.7 Å². The number of rotatable bonds is 29. The van der Waals surface area contributed by atoms with Crippen LogP contribution in [0, 0.1) is 0 Å². The third-order valence-corrected chi connectivity index (χ3v) is 17.0. The summed E-state index contributed by atoms with van der Waals surface area (Å²) < 4.78 is 95.0. The van der Waals surface area contributed by atoms with Gasteiger partial charge in [0, 0.05) is 45.4 Å². The number of unbranched alkanes of at least 4 members (excludes halogenated alkanes) is 2. The first-order valence-electron chi connectivity index (χ1n) is 27.0. The quantitative estimate of drug-likeness (QED) is 0.0397. The van der Waals surface area contributed by atoms with Crippen LogP contribution in [-0.4, -0.2) is 162 Å². The fraction of sp³-hybridized carbons (Fsp3) is 0.534. The lowest BCUT2D eigenvalue weighted by molar-refractivity contribution is -0.147. The molecule has 5 atom stereocenters. The van der Waals surface area contributed by atoms with Gasteiger partial charge in [0.05, 0.1) is 74.7 Å². The van der Waals surface area contributed by atoms with Crippen molar-refractivity contribution in [2.75, 3.05) is 66.8 Å². The molecule has 2 heterocycles. The minimum atomic E-state index is -4.00. The number of aliphatic hydroxyl groups is 2. The highest BCUT2D eigenvalue weighted by molar-refractivity contribution is 7.89. The zero-order valence-electron chi connectivity index (χ0n) is 47.1. The number of hydrogen-bond acceptors (Lipinski definition) is 16. The van der Waals surface area contributed by atoms with Crippen LogP contribution in [0.5, 0.6) is 11.5 Å². The smallest absolute Gasteiger partial charge is 0.407 e. The monoisotopic (exact) mass is 1150 g/mol. The molecule has 0 spiro atoms. The third-order valence-electron chi connectivity index (χ3n) is 13.2. The molecule has 2 aliphatic rings. The number of amides is 2. The molecule has 2 saturated heterocycles. The summed E-state index contributed by atoms with van der Waals surface area (Å²) in [4.78, 5) is 36.9. The number of carbonyl (C=O) groups is 3. The molecule has 2 fully saturated rings. The third kappa shape index (κ3) is 21.7. The standard InChI is InChI=1S/C30H44N2O8S.C28H38N2O8S/c1-29(2,3)40-28(34)31-26(21-23-11-7-6-8-12-23)27(33)22-32(18-10-9-17-30(4)38-19-20-39-30)41(35,36)25-15-13-24(37-5)14-16-25;1-21(31)8-6-7-16-30(39(34,35)25-13-11-23(36-2)12-14-25)19-27(32)26(18-22-9-4-3-5-10-22)29-28(33)38-24-15-17-37-20-24/h6-8,11-16,26-27,33H,9-10,17-22H2,1-5H3,(H,31,34);3-5,9-14,24,26-27,32H,6-8,15-20H2,1-2H3,(H,29,33)/t26-,27?;24?,26-,27?/m00/s1. The predicted octanol–water partition coefficient (Wildman–Crippen LogP) is 7.05. The predicted molar refractivity (Wildman–Crippen MR) is 300 cm³/mol. The van der Waals surface area contributed by atoms with E-state index in [1.54, 1.807) is 45.0 Å². The van der Waals surface area contributed by atoms with E-state index in [2.05, 4.69) is 10.6 Å². The van der Waals surface area contributed by atoms with Crippen LogP contribution in [0.15, 0.2) is 119 Å². The summed E-state index contributed by atoms with van der Waals surface area (Å²) >= 11 is 0. The van der Waals surface area contributed by atoms with Crippen molar-refractivity contribution in [1.29, 1.82) is 0 Å². The van der Waals surface area contributed by atoms with Crippen molar-refractivity contribution >= 4 is 38.0 Å². The number of benzene rings is 4. The maximum Gasteiger partial charge on any atom is 0.407 e. The van der Waals surface area contributed by atoms with E-state index in [1.807, 2.05) is 67.6 Å². The number of ether oxygens (including phenoxy) is 7. The SMILES string of the molecule is COc1ccc(S(=O)(=O)N(CCCCC(C)=O)CC(O)[C@H](Cc2ccccc2)NC(=O)OC2CCOC2)cc1.COc1ccc(S(=O)(=O)N(CCCCC2(C)OCCO2)CC(O)[C@H](Cc2ccccc2)NC(=O)OC(C)(C)C)cc1. The molecule has 4 N–H and O–H groups in total. The molecule has 0 saturated carbocycles. The molecule has 20 nitrogen and oxygen atoms in total. The Bertz CT molecular complexity index is 2720. The number of sulfonamides is 2. The second-order valence-corrected chi connectivity index (χ2v) is 24.8. The van der Waals surface area contributed by atoms with Crippen molar-refractivity contribution in [3.63, 3.8) is 0 Å². The van der Waals surface area contributed by atoms with Crippen LogP contribution in [0.3, 0.4) is 0 Å². The molecule has 80 heavy (non-hydrogen) atoms. The number of nitrogens with zero attached hydrogens (tertiary/aromatic N) is 2. The van der Waals surface area contributed by atoms with Crippen molar-refractivity contribution in [1.82, 2.24) is 19.2 Å². The largest absolute Gasteiger partial charge is 0.497 e. The fourth-order valence-corrected chi connectivity index (χ4v) is 11.9. The second-order valence-electron chi connectivity index (χ2n) is 20.9. The van der Waals surface area contributed by atoms with Gasteiger partial charge in [-0.05, 0) is 133 Å². The average molecular weight is 1160 g/mol. The lowest BCUT2D eigenvalue weighted by Crippen LogP contribution is -2.51. The molecule has 442 valence electrons. The molecule has 6 rings (SSSR count). The topological polar surface area (TPSA) is 255 Å². The van der Waals surface area contributed by atoms with Crippen molar-refractivity contribution < 1.29 is 74.6 Å². The lowest BCUT2D eigenvalue weighted by Gasteiger charge is -2.31. The van der Waals surface area contributed by atoms with Gasteiger partial charge >= 0.3 is 12.2 Å². The Kier molecular flexibility index (Phi) is 25.6. The molecule has 0 bridgehead atoms. The first-order valence-corrected chi connectivity index (χ1v) is 29.9. The van der Waals surface area contributed by atoms with Gasteiger partial charge in [0.15, 0.2) is 5.79 Å². The summed E-state index contributed by atoms with van der Waals surface area (Å²) in [6.45, 7) is 10.3. The van der Waals surface area contributed by atoms with E-state index in [-0.39, 0.29) is 60.7 Å². The number of nitrogens with one attached hydrogen (secondary N) is 2. The Balaban J connectivity index is 0.000000294. The van der Waals surface area contributed by atoms with Crippen molar-refractivity contribution in [2.24, 2.45) is 0 Å². The Morgan fingerprint density at radius 1 is 0.662 bits per heavy atom. The molecular weight excluding hydrogens is 1070 g/mol. The highest BCUT2D eigenvalue weighted by Gasteiger charge is 2.35. The molecule has 2 aliphatic heterocycles. The van der Waals surface area contributed by atoms with E-state index in [0.29, 0.717) is 82.9 Å². The average Bonchev–Trinajstić information content (AvgIpc) is 4.14. The number of carbonyl (C=O) groups excluding carboxylic acids is 3. The van der Waals surface area contributed by atoms with Crippen LogP contribution in [0.25, 0.3) is 0 Å². The van der Waals surface area contributed by atoms with Gasteiger partial charge in [-0.15, -0.1) is 0 Å². The van der Waals surface area contributed by atoms with Gasteiger partial charge < -0.3 is 58.8 Å². The molecular formula is C58H82N4O16S2. The highest BCUT2D eigenvalue weighted by atomic mass is 32.2. The number of aliphatic hydroxyl groups excluding tert-OH is 2. The fourth-order valence-electron chi connectivity index (χ4n) is 8.89. The number of Topliss-reactive ketones (excluding diaryl/α,β-unsaturated/α-hetero) is 1. The molecule has 22 heteroatoms. The highest BCUT2D eigenvalue weighted by Crippen LogP contribution is 2.27. The number of methoxy groups -OCH3 is 2. The van der Waals surface area contributed by atoms with Gasteiger partial charge in [0.2, 0.25) is 20.0 Å². The second kappa shape index (κ2) is 31.5. The minimum Gasteiger partial charge on any atom is -0.497 e. The van der Waals surface area contributed by atoms with Gasteiger partial charge in [0.25, 0.3) is 0 Å². The Morgan fingerprint density at radius 3 is 1.52 bits per heavy atom. The van der Waals surface area contributed by atoms with Crippen LogP contribution in [-0.2, 0) is 61.4 Å². The summed E-state index contributed by atoms with van der Waals surface area (Å²) in [5.41, 5.74) is 0.999. The van der Waals surface area contributed by atoms with Crippen LogP contribution >= 0.6 is 0 Å².